The minimum absolute atomic E-state index is 0.0117. The number of hydrogen-bond acceptors (Lipinski definition) is 6. The lowest BCUT2D eigenvalue weighted by Gasteiger charge is -2.22. The van der Waals surface area contributed by atoms with Crippen molar-refractivity contribution in [2.45, 2.75) is 17.4 Å². The maximum Gasteiger partial charge on any atom is 0.329 e. The van der Waals surface area contributed by atoms with Crippen LogP contribution >= 0.6 is 11.6 Å². The Balaban J connectivity index is 1.64. The number of halogens is 1. The Hall–Kier alpha value is -4.34. The summed E-state index contributed by atoms with van der Waals surface area (Å²) in [5.74, 6) is 0.412. The Bertz CT molecular complexity index is 1560. The standard InChI is InChI=1S/C29H27ClN4O4S/c1-20(38-2)32-23-16-14-22(15-17-23)24-11-8-18-31-28(24)26(19-21-9-4-3-5-10-21)33-29(35)34-39(36,37)27-13-7-6-12-25(27)30/h3-18,26,32H,1,19H2,2H3,(H2,33,34,35). The summed E-state index contributed by atoms with van der Waals surface area (Å²) in [5, 5.41) is 5.86. The number of anilines is 1. The van der Waals surface area contributed by atoms with Crippen molar-refractivity contribution in [2.75, 3.05) is 12.4 Å². The smallest absolute Gasteiger partial charge is 0.329 e. The number of carbonyl (C=O) groups excluding carboxylic acids is 1. The van der Waals surface area contributed by atoms with E-state index in [1.807, 2.05) is 60.7 Å². The summed E-state index contributed by atoms with van der Waals surface area (Å²) in [6, 6.07) is 25.2. The number of nitrogens with one attached hydrogen (secondary N) is 3. The second-order valence-electron chi connectivity index (χ2n) is 8.52. The molecule has 10 heteroatoms. The van der Waals surface area contributed by atoms with Gasteiger partial charge in [-0.1, -0.05) is 72.3 Å². The molecule has 3 aromatic carbocycles. The monoisotopic (exact) mass is 562 g/mol. The van der Waals surface area contributed by atoms with E-state index in [-0.39, 0.29) is 9.92 Å². The van der Waals surface area contributed by atoms with E-state index < -0.39 is 22.1 Å². The van der Waals surface area contributed by atoms with Crippen molar-refractivity contribution in [3.05, 3.63) is 126 Å². The van der Waals surface area contributed by atoms with Gasteiger partial charge in [-0.25, -0.2) is 17.9 Å². The van der Waals surface area contributed by atoms with Gasteiger partial charge in [0.05, 0.1) is 23.9 Å². The topological polar surface area (TPSA) is 109 Å². The van der Waals surface area contributed by atoms with Crippen LogP contribution in [0.15, 0.2) is 115 Å². The number of hydrogen-bond donors (Lipinski definition) is 3. The molecule has 39 heavy (non-hydrogen) atoms. The predicted octanol–water partition coefficient (Wildman–Crippen LogP) is 5.90. The summed E-state index contributed by atoms with van der Waals surface area (Å²) in [5.41, 5.74) is 3.94. The quantitative estimate of drug-likeness (QED) is 0.207. The van der Waals surface area contributed by atoms with Gasteiger partial charge in [0.1, 0.15) is 4.90 Å². The van der Waals surface area contributed by atoms with Crippen molar-refractivity contribution >= 4 is 33.3 Å². The average molecular weight is 563 g/mol. The largest absolute Gasteiger partial charge is 0.483 e. The first-order chi connectivity index (χ1) is 18.8. The number of carbonyl (C=O) groups is 1. The molecule has 0 aliphatic heterocycles. The molecule has 0 fully saturated rings. The number of sulfonamides is 1. The highest BCUT2D eigenvalue weighted by Gasteiger charge is 2.25. The Morgan fingerprint density at radius 3 is 2.36 bits per heavy atom. The number of urea groups is 1. The first-order valence-corrected chi connectivity index (χ1v) is 13.8. The lowest BCUT2D eigenvalue weighted by atomic mass is 9.95. The fourth-order valence-electron chi connectivity index (χ4n) is 3.98. The second kappa shape index (κ2) is 12.5. The molecule has 0 bridgehead atoms. The van der Waals surface area contributed by atoms with Crippen LogP contribution in [0.3, 0.4) is 0 Å². The molecule has 200 valence electrons. The van der Waals surface area contributed by atoms with E-state index in [1.54, 1.807) is 18.3 Å². The third-order valence-corrected chi connectivity index (χ3v) is 7.67. The number of nitrogens with zero attached hydrogens (tertiary/aromatic N) is 1. The zero-order chi connectivity index (χ0) is 27.8. The van der Waals surface area contributed by atoms with E-state index in [0.717, 1.165) is 22.4 Å². The SMILES string of the molecule is C=C(Nc1ccc(-c2cccnc2C(Cc2ccccc2)NC(=O)NS(=O)(=O)c2ccccc2Cl)cc1)OC. The van der Waals surface area contributed by atoms with Crippen LogP contribution in [0.4, 0.5) is 10.5 Å². The summed E-state index contributed by atoms with van der Waals surface area (Å²) in [7, 11) is -2.68. The van der Waals surface area contributed by atoms with Crippen molar-refractivity contribution in [2.24, 2.45) is 0 Å². The van der Waals surface area contributed by atoms with E-state index in [2.05, 4.69) is 26.9 Å². The molecule has 0 aliphatic carbocycles. The molecule has 1 heterocycles. The first-order valence-electron chi connectivity index (χ1n) is 11.9. The molecule has 0 saturated carbocycles. The molecular weight excluding hydrogens is 536 g/mol. The number of pyridine rings is 1. The fraction of sp³-hybridized carbons (Fsp3) is 0.103. The number of rotatable bonds is 10. The van der Waals surface area contributed by atoms with Crippen LogP contribution in [0, 0.1) is 0 Å². The van der Waals surface area contributed by atoms with Gasteiger partial charge >= 0.3 is 6.03 Å². The van der Waals surface area contributed by atoms with Gasteiger partial charge in [0.15, 0.2) is 5.88 Å². The van der Waals surface area contributed by atoms with Gasteiger partial charge in [-0.3, -0.25) is 4.98 Å². The van der Waals surface area contributed by atoms with Gasteiger partial charge < -0.3 is 15.4 Å². The van der Waals surface area contributed by atoms with Crippen molar-refractivity contribution in [1.29, 1.82) is 0 Å². The van der Waals surface area contributed by atoms with Gasteiger partial charge in [0, 0.05) is 17.4 Å². The number of amides is 2. The highest BCUT2D eigenvalue weighted by atomic mass is 35.5. The lowest BCUT2D eigenvalue weighted by molar-refractivity contribution is 0.242. The third-order valence-electron chi connectivity index (χ3n) is 5.84. The molecular formula is C29H27ClN4O4S. The van der Waals surface area contributed by atoms with Crippen LogP contribution < -0.4 is 15.4 Å². The maximum atomic E-state index is 13.0. The molecule has 1 aromatic heterocycles. The van der Waals surface area contributed by atoms with Crippen LogP contribution in [0.1, 0.15) is 17.3 Å². The molecule has 0 saturated heterocycles. The normalized spacial score (nSPS) is 11.7. The molecule has 3 N–H and O–H groups in total. The molecule has 0 radical (unpaired) electrons. The number of benzene rings is 3. The van der Waals surface area contributed by atoms with Crippen LogP contribution in [-0.2, 0) is 21.2 Å². The third kappa shape index (κ3) is 7.16. The number of aromatic nitrogens is 1. The summed E-state index contributed by atoms with van der Waals surface area (Å²) >= 11 is 6.06. The average Bonchev–Trinajstić information content (AvgIpc) is 2.93. The Labute approximate surface area is 232 Å². The fourth-order valence-corrected chi connectivity index (χ4v) is 5.41. The molecule has 2 amide bonds. The Morgan fingerprint density at radius 2 is 1.67 bits per heavy atom. The van der Waals surface area contributed by atoms with E-state index in [9.17, 15) is 13.2 Å². The minimum atomic E-state index is -4.21. The summed E-state index contributed by atoms with van der Waals surface area (Å²) < 4.78 is 32.9. The van der Waals surface area contributed by atoms with Gasteiger partial charge in [0.2, 0.25) is 0 Å². The van der Waals surface area contributed by atoms with Gasteiger partial charge in [-0.05, 0) is 54.5 Å². The van der Waals surface area contributed by atoms with E-state index in [1.165, 1.54) is 25.3 Å². The predicted molar refractivity (Wildman–Crippen MR) is 153 cm³/mol. The lowest BCUT2D eigenvalue weighted by Crippen LogP contribution is -2.42. The van der Waals surface area contributed by atoms with Crippen molar-refractivity contribution in [3.8, 4) is 11.1 Å². The van der Waals surface area contributed by atoms with E-state index in [4.69, 9.17) is 16.3 Å². The molecule has 4 aromatic rings. The van der Waals surface area contributed by atoms with E-state index >= 15 is 0 Å². The number of ether oxygens (including phenoxy) is 1. The molecule has 1 unspecified atom stereocenters. The Kier molecular flexibility index (Phi) is 8.85. The van der Waals surface area contributed by atoms with Gasteiger partial charge in [0.25, 0.3) is 10.0 Å². The molecule has 0 aliphatic rings. The molecule has 1 atom stereocenters. The highest BCUT2D eigenvalue weighted by molar-refractivity contribution is 7.90. The molecule has 4 rings (SSSR count). The van der Waals surface area contributed by atoms with Gasteiger partial charge in [-0.2, -0.15) is 0 Å². The zero-order valence-corrected chi connectivity index (χ0v) is 22.7. The van der Waals surface area contributed by atoms with E-state index in [0.29, 0.717) is 18.0 Å². The second-order valence-corrected chi connectivity index (χ2v) is 10.6. The first kappa shape index (κ1) is 27.7. The van der Waals surface area contributed by atoms with Crippen LogP contribution in [0.25, 0.3) is 11.1 Å². The molecule has 8 nitrogen and oxygen atoms in total. The summed E-state index contributed by atoms with van der Waals surface area (Å²) in [4.78, 5) is 17.4. The minimum Gasteiger partial charge on any atom is -0.483 e. The zero-order valence-electron chi connectivity index (χ0n) is 21.1. The summed E-state index contributed by atoms with van der Waals surface area (Å²) in [6.45, 7) is 3.76. The number of methoxy groups -OCH3 is 1. The van der Waals surface area contributed by atoms with Gasteiger partial charge in [-0.15, -0.1) is 0 Å². The molecule has 0 spiro atoms. The van der Waals surface area contributed by atoms with Crippen molar-refractivity contribution in [3.63, 3.8) is 0 Å². The van der Waals surface area contributed by atoms with Crippen LogP contribution in [-0.4, -0.2) is 26.5 Å². The Morgan fingerprint density at radius 1 is 0.974 bits per heavy atom. The van der Waals surface area contributed by atoms with Crippen molar-refractivity contribution in [1.82, 2.24) is 15.0 Å². The highest BCUT2D eigenvalue weighted by Crippen LogP contribution is 2.30. The van der Waals surface area contributed by atoms with Crippen molar-refractivity contribution < 1.29 is 17.9 Å². The maximum absolute atomic E-state index is 13.0. The summed E-state index contributed by atoms with van der Waals surface area (Å²) in [6.07, 6.45) is 2.01. The van der Waals surface area contributed by atoms with Crippen LogP contribution in [0.5, 0.6) is 0 Å². The van der Waals surface area contributed by atoms with Crippen LogP contribution in [0.2, 0.25) is 5.02 Å².